The summed E-state index contributed by atoms with van der Waals surface area (Å²) in [5, 5.41) is 6.41. The van der Waals surface area contributed by atoms with Crippen LogP contribution in [0, 0.1) is 35.4 Å². The van der Waals surface area contributed by atoms with Gasteiger partial charge in [0.05, 0.1) is 27.5 Å². The molecule has 2 fully saturated rings. The van der Waals surface area contributed by atoms with Crippen LogP contribution in [0.2, 0.25) is 5.02 Å². The number of carbonyl (C=O) groups is 1. The minimum atomic E-state index is -0.575. The van der Waals surface area contributed by atoms with Crippen molar-refractivity contribution in [3.8, 4) is 11.8 Å². The molecule has 1 saturated heterocycles. The molecule has 3 aromatic rings. The lowest BCUT2D eigenvalue weighted by Gasteiger charge is -2.13. The summed E-state index contributed by atoms with van der Waals surface area (Å²) in [4.78, 5) is 23.0. The third kappa shape index (κ3) is 4.15. The largest absolute Gasteiger partial charge is 0.337 e. The number of likely N-dealkylation sites (tertiary alicyclic amines) is 1. The number of aromatic nitrogens is 2. The van der Waals surface area contributed by atoms with E-state index in [9.17, 15) is 9.18 Å². The smallest absolute Gasteiger partial charge is 0.247 e. The summed E-state index contributed by atoms with van der Waals surface area (Å²) in [6.45, 7) is 5.67. The molecule has 0 radical (unpaired) electrons. The van der Waals surface area contributed by atoms with Crippen molar-refractivity contribution in [2.75, 3.05) is 30.8 Å². The Labute approximate surface area is 195 Å². The van der Waals surface area contributed by atoms with Gasteiger partial charge in [-0.05, 0) is 49.2 Å². The Morgan fingerprint density at radius 3 is 2.82 bits per heavy atom. The van der Waals surface area contributed by atoms with Crippen LogP contribution in [0.3, 0.4) is 0 Å². The molecule has 1 aromatic heterocycles. The van der Waals surface area contributed by atoms with Crippen molar-refractivity contribution in [3.63, 3.8) is 0 Å². The molecule has 8 heteroatoms. The summed E-state index contributed by atoms with van der Waals surface area (Å²) in [7, 11) is 2.13. The second kappa shape index (κ2) is 8.47. The molecular formula is C25H21ClFN5O. The van der Waals surface area contributed by atoms with Crippen LogP contribution in [0.25, 0.3) is 10.9 Å². The maximum Gasteiger partial charge on any atom is 0.247 e. The lowest BCUT2D eigenvalue weighted by Crippen LogP contribution is -2.18. The molecule has 5 rings (SSSR count). The second-order valence-corrected chi connectivity index (χ2v) is 8.81. The van der Waals surface area contributed by atoms with E-state index in [0.717, 1.165) is 13.1 Å². The molecule has 2 unspecified atom stereocenters. The number of piperidine rings is 1. The average Bonchev–Trinajstić information content (AvgIpc) is 3.27. The SMILES string of the molecule is C=CC(=O)Nc1cc2c(Nc3cccc(Cl)c3F)ncnc2cc1C#CC1C2CN(C)CC12. The minimum absolute atomic E-state index is 0.00546. The van der Waals surface area contributed by atoms with E-state index in [-0.39, 0.29) is 16.6 Å². The maximum atomic E-state index is 14.4. The number of benzene rings is 2. The summed E-state index contributed by atoms with van der Waals surface area (Å²) in [5.41, 5.74) is 1.99. The van der Waals surface area contributed by atoms with E-state index in [2.05, 4.69) is 51.0 Å². The lowest BCUT2D eigenvalue weighted by atomic mass is 10.1. The van der Waals surface area contributed by atoms with E-state index in [4.69, 9.17) is 11.6 Å². The van der Waals surface area contributed by atoms with E-state index in [1.54, 1.807) is 18.2 Å². The predicted octanol–water partition coefficient (Wildman–Crippen LogP) is 4.45. The number of hydrogen-bond donors (Lipinski definition) is 2. The number of anilines is 3. The Balaban J connectivity index is 1.53. The quantitative estimate of drug-likeness (QED) is 0.444. The van der Waals surface area contributed by atoms with Gasteiger partial charge in [0, 0.05) is 24.4 Å². The summed E-state index contributed by atoms with van der Waals surface area (Å²) in [5.74, 6) is 7.72. The van der Waals surface area contributed by atoms with Gasteiger partial charge in [0.15, 0.2) is 5.82 Å². The molecule has 166 valence electrons. The molecule has 1 saturated carbocycles. The summed E-state index contributed by atoms with van der Waals surface area (Å²) < 4.78 is 14.4. The third-order valence-electron chi connectivity index (χ3n) is 6.17. The highest BCUT2D eigenvalue weighted by Gasteiger charge is 2.53. The van der Waals surface area contributed by atoms with Crippen molar-refractivity contribution in [2.24, 2.45) is 17.8 Å². The first-order chi connectivity index (χ1) is 15.9. The van der Waals surface area contributed by atoms with Gasteiger partial charge in [-0.25, -0.2) is 14.4 Å². The second-order valence-electron chi connectivity index (χ2n) is 8.40. The first-order valence-corrected chi connectivity index (χ1v) is 11.0. The Morgan fingerprint density at radius 1 is 1.27 bits per heavy atom. The van der Waals surface area contributed by atoms with Crippen LogP contribution < -0.4 is 10.6 Å². The van der Waals surface area contributed by atoms with Crippen molar-refractivity contribution in [1.82, 2.24) is 14.9 Å². The fourth-order valence-electron chi connectivity index (χ4n) is 4.43. The summed E-state index contributed by atoms with van der Waals surface area (Å²) >= 11 is 5.90. The van der Waals surface area contributed by atoms with Gasteiger partial charge in [0.25, 0.3) is 0 Å². The molecule has 2 atom stereocenters. The first kappa shape index (κ1) is 21.4. The molecule has 1 aliphatic carbocycles. The highest BCUT2D eigenvalue weighted by atomic mass is 35.5. The third-order valence-corrected chi connectivity index (χ3v) is 6.46. The normalized spacial score (nSPS) is 21.1. The Bertz CT molecular complexity index is 1340. The standard InChI is InChI=1S/C25H21ClFN5O/c1-3-23(33)30-21-10-16-22(9-14(21)7-8-15-17-11-32(2)12-18(15)17)28-13-29-25(16)31-20-6-4-5-19(26)24(20)27/h3-6,9-10,13,15,17-18H,1,11-12H2,2H3,(H,30,33)(H,28,29,31). The van der Waals surface area contributed by atoms with Gasteiger partial charge in [0.1, 0.15) is 12.1 Å². The molecule has 2 aliphatic rings. The van der Waals surface area contributed by atoms with Gasteiger partial charge >= 0.3 is 0 Å². The fourth-order valence-corrected chi connectivity index (χ4v) is 4.61. The first-order valence-electron chi connectivity index (χ1n) is 10.6. The monoisotopic (exact) mass is 461 g/mol. The lowest BCUT2D eigenvalue weighted by molar-refractivity contribution is -0.111. The molecule has 2 heterocycles. The summed E-state index contributed by atoms with van der Waals surface area (Å²) in [6, 6.07) is 8.24. The van der Waals surface area contributed by atoms with Crippen LogP contribution in [-0.2, 0) is 4.79 Å². The zero-order valence-electron chi connectivity index (χ0n) is 17.9. The van der Waals surface area contributed by atoms with Crippen molar-refractivity contribution in [2.45, 2.75) is 0 Å². The Hall–Kier alpha value is -3.47. The van der Waals surface area contributed by atoms with Crippen LogP contribution in [0.15, 0.2) is 49.3 Å². The molecular weight excluding hydrogens is 441 g/mol. The van der Waals surface area contributed by atoms with Crippen LogP contribution in [-0.4, -0.2) is 40.9 Å². The van der Waals surface area contributed by atoms with Crippen LogP contribution >= 0.6 is 11.6 Å². The van der Waals surface area contributed by atoms with Gasteiger partial charge < -0.3 is 15.5 Å². The van der Waals surface area contributed by atoms with Crippen molar-refractivity contribution < 1.29 is 9.18 Å². The number of hydrogen-bond acceptors (Lipinski definition) is 5. The fraction of sp³-hybridized carbons (Fsp3) is 0.240. The Kier molecular flexibility index (Phi) is 5.49. The van der Waals surface area contributed by atoms with E-state index in [1.165, 1.54) is 18.5 Å². The number of fused-ring (bicyclic) bond motifs is 2. The molecule has 0 bridgehead atoms. The number of nitrogens with one attached hydrogen (secondary N) is 2. The van der Waals surface area contributed by atoms with Gasteiger partial charge in [-0.3, -0.25) is 4.79 Å². The number of amides is 1. The average molecular weight is 462 g/mol. The molecule has 2 aromatic carbocycles. The van der Waals surface area contributed by atoms with Crippen molar-refractivity contribution in [3.05, 3.63) is 65.7 Å². The molecule has 6 nitrogen and oxygen atoms in total. The van der Waals surface area contributed by atoms with Crippen LogP contribution in [0.5, 0.6) is 0 Å². The molecule has 0 spiro atoms. The van der Waals surface area contributed by atoms with Gasteiger partial charge in [-0.2, -0.15) is 0 Å². The van der Waals surface area contributed by atoms with Crippen molar-refractivity contribution in [1.29, 1.82) is 0 Å². The number of carbonyl (C=O) groups excluding carboxylic acids is 1. The topological polar surface area (TPSA) is 70.1 Å². The minimum Gasteiger partial charge on any atom is -0.337 e. The summed E-state index contributed by atoms with van der Waals surface area (Å²) in [6.07, 6.45) is 2.60. The van der Waals surface area contributed by atoms with E-state index >= 15 is 0 Å². The molecule has 2 N–H and O–H groups in total. The molecule has 1 aliphatic heterocycles. The van der Waals surface area contributed by atoms with E-state index < -0.39 is 5.82 Å². The van der Waals surface area contributed by atoms with Gasteiger partial charge in [-0.15, -0.1) is 0 Å². The van der Waals surface area contributed by atoms with Gasteiger partial charge in [0.2, 0.25) is 5.91 Å². The molecule has 1 amide bonds. The highest BCUT2D eigenvalue weighted by Crippen LogP contribution is 2.50. The van der Waals surface area contributed by atoms with Gasteiger partial charge in [-0.1, -0.05) is 36.1 Å². The zero-order chi connectivity index (χ0) is 23.1. The van der Waals surface area contributed by atoms with Crippen molar-refractivity contribution >= 4 is 45.6 Å². The van der Waals surface area contributed by atoms with Crippen LogP contribution in [0.1, 0.15) is 5.56 Å². The highest BCUT2D eigenvalue weighted by molar-refractivity contribution is 6.31. The Morgan fingerprint density at radius 2 is 2.06 bits per heavy atom. The number of halogens is 2. The van der Waals surface area contributed by atoms with E-state index in [1.807, 2.05) is 6.07 Å². The number of rotatable bonds is 4. The number of nitrogens with zero attached hydrogens (tertiary/aromatic N) is 3. The zero-order valence-corrected chi connectivity index (χ0v) is 18.7. The predicted molar refractivity (Wildman–Crippen MR) is 128 cm³/mol. The molecule has 33 heavy (non-hydrogen) atoms. The maximum absolute atomic E-state index is 14.4. The van der Waals surface area contributed by atoms with E-state index in [0.29, 0.717) is 45.7 Å². The van der Waals surface area contributed by atoms with Crippen LogP contribution in [0.4, 0.5) is 21.6 Å².